The quantitative estimate of drug-likeness (QED) is 0.808. The fraction of sp³-hybridized carbons (Fsp3) is 0.583. The maximum absolute atomic E-state index is 11.4. The summed E-state index contributed by atoms with van der Waals surface area (Å²) in [6.07, 6.45) is 2.63. The molecule has 1 aliphatic rings. The number of aliphatic hydroxyl groups is 1. The number of carbonyl (C=O) groups is 1. The monoisotopic (exact) mass is 250 g/mol. The molecule has 1 saturated heterocycles. The van der Waals surface area contributed by atoms with Crippen LogP contribution in [0.25, 0.3) is 0 Å². The predicted octanol–water partition coefficient (Wildman–Crippen LogP) is -0.149. The first-order valence-electron chi connectivity index (χ1n) is 6.00. The third-order valence-electron chi connectivity index (χ3n) is 3.16. The third-order valence-corrected chi connectivity index (χ3v) is 3.16. The molecular formula is C12H18N4O2. The molecule has 0 saturated carbocycles. The Labute approximate surface area is 106 Å². The van der Waals surface area contributed by atoms with Gasteiger partial charge in [0.1, 0.15) is 6.61 Å². The molecule has 0 bridgehead atoms. The number of anilines is 1. The lowest BCUT2D eigenvalue weighted by atomic mass is 10.1. The van der Waals surface area contributed by atoms with Crippen molar-refractivity contribution in [2.45, 2.75) is 12.3 Å². The van der Waals surface area contributed by atoms with Crippen LogP contribution in [-0.4, -0.2) is 59.7 Å². The van der Waals surface area contributed by atoms with Crippen LogP contribution >= 0.6 is 0 Å². The Kier molecular flexibility index (Phi) is 3.76. The molecule has 98 valence electrons. The van der Waals surface area contributed by atoms with Gasteiger partial charge in [-0.2, -0.15) is 0 Å². The topological polar surface area (TPSA) is 69.6 Å². The minimum atomic E-state index is -0.417. The van der Waals surface area contributed by atoms with Crippen molar-refractivity contribution in [3.8, 4) is 0 Å². The molecule has 2 rings (SSSR count). The highest BCUT2D eigenvalue weighted by molar-refractivity contribution is 5.77. The maximum atomic E-state index is 11.4. The van der Waals surface area contributed by atoms with Gasteiger partial charge in [0.2, 0.25) is 11.9 Å². The Balaban J connectivity index is 2.09. The molecule has 0 aromatic carbocycles. The molecular weight excluding hydrogens is 232 g/mol. The fourth-order valence-electron chi connectivity index (χ4n) is 2.13. The van der Waals surface area contributed by atoms with Gasteiger partial charge in [-0.25, -0.2) is 9.97 Å². The van der Waals surface area contributed by atoms with E-state index in [9.17, 15) is 4.79 Å². The number of rotatable bonds is 3. The van der Waals surface area contributed by atoms with Crippen LogP contribution in [0.15, 0.2) is 12.3 Å². The van der Waals surface area contributed by atoms with Crippen molar-refractivity contribution in [1.29, 1.82) is 0 Å². The molecule has 1 amide bonds. The van der Waals surface area contributed by atoms with Crippen LogP contribution in [-0.2, 0) is 4.79 Å². The number of carbonyl (C=O) groups excluding carboxylic acids is 1. The van der Waals surface area contributed by atoms with E-state index in [-0.39, 0.29) is 11.8 Å². The molecule has 6 nitrogen and oxygen atoms in total. The lowest BCUT2D eigenvalue weighted by Gasteiger charge is -2.16. The van der Waals surface area contributed by atoms with Crippen LogP contribution < -0.4 is 4.90 Å². The average molecular weight is 250 g/mol. The summed E-state index contributed by atoms with van der Waals surface area (Å²) in [6.45, 7) is 0.897. The summed E-state index contributed by atoms with van der Waals surface area (Å²) < 4.78 is 0. The highest BCUT2D eigenvalue weighted by Crippen LogP contribution is 2.26. The molecule has 1 aromatic heterocycles. The molecule has 1 atom stereocenters. The van der Waals surface area contributed by atoms with E-state index in [2.05, 4.69) is 9.97 Å². The summed E-state index contributed by atoms with van der Waals surface area (Å²) in [6, 6.07) is 1.89. The van der Waals surface area contributed by atoms with E-state index in [1.165, 1.54) is 0 Å². The maximum Gasteiger partial charge on any atom is 0.248 e. The summed E-state index contributed by atoms with van der Waals surface area (Å²) in [4.78, 5) is 23.6. The third kappa shape index (κ3) is 2.59. The standard InChI is InChI=1S/C12H18N4O2/c1-15(2)12-13-5-3-10(14-12)9-4-6-16(7-9)11(18)8-17/h3,5,9,17H,4,6-8H2,1-2H3. The normalized spacial score (nSPS) is 19.1. The van der Waals surface area contributed by atoms with Crippen molar-refractivity contribution >= 4 is 11.9 Å². The van der Waals surface area contributed by atoms with Crippen molar-refractivity contribution in [2.75, 3.05) is 38.7 Å². The molecule has 6 heteroatoms. The predicted molar refractivity (Wildman–Crippen MR) is 67.4 cm³/mol. The summed E-state index contributed by atoms with van der Waals surface area (Å²) in [5, 5.41) is 8.85. The number of aromatic nitrogens is 2. The summed E-state index contributed by atoms with van der Waals surface area (Å²) >= 11 is 0. The number of amides is 1. The molecule has 1 N–H and O–H groups in total. The zero-order valence-electron chi connectivity index (χ0n) is 10.7. The summed E-state index contributed by atoms with van der Waals surface area (Å²) in [5.41, 5.74) is 0.960. The van der Waals surface area contributed by atoms with Gasteiger partial charge in [0.05, 0.1) is 5.69 Å². The highest BCUT2D eigenvalue weighted by atomic mass is 16.3. The first-order valence-corrected chi connectivity index (χ1v) is 6.00. The molecule has 1 fully saturated rings. The van der Waals surface area contributed by atoms with Crippen LogP contribution in [0, 0.1) is 0 Å². The van der Waals surface area contributed by atoms with Gasteiger partial charge in [0.15, 0.2) is 0 Å². The highest BCUT2D eigenvalue weighted by Gasteiger charge is 2.27. The number of nitrogens with zero attached hydrogens (tertiary/aromatic N) is 4. The molecule has 0 radical (unpaired) electrons. The first kappa shape index (κ1) is 12.8. The van der Waals surface area contributed by atoms with Gasteiger partial charge in [-0.15, -0.1) is 0 Å². The second kappa shape index (κ2) is 5.30. The fourth-order valence-corrected chi connectivity index (χ4v) is 2.13. The lowest BCUT2D eigenvalue weighted by molar-refractivity contribution is -0.133. The van der Waals surface area contributed by atoms with Crippen molar-refractivity contribution < 1.29 is 9.90 Å². The van der Waals surface area contributed by atoms with Gasteiger partial charge in [0, 0.05) is 39.3 Å². The average Bonchev–Trinajstić information content (AvgIpc) is 2.87. The van der Waals surface area contributed by atoms with E-state index in [1.54, 1.807) is 11.1 Å². The largest absolute Gasteiger partial charge is 0.387 e. The second-order valence-electron chi connectivity index (χ2n) is 4.66. The van der Waals surface area contributed by atoms with Crippen LogP contribution in [0.1, 0.15) is 18.0 Å². The second-order valence-corrected chi connectivity index (χ2v) is 4.66. The van der Waals surface area contributed by atoms with E-state index in [0.29, 0.717) is 19.0 Å². The Morgan fingerprint density at radius 1 is 1.61 bits per heavy atom. The molecule has 1 unspecified atom stereocenters. The summed E-state index contributed by atoms with van der Waals surface area (Å²) in [5.74, 6) is 0.709. The van der Waals surface area contributed by atoms with Crippen molar-refractivity contribution in [3.63, 3.8) is 0 Å². The Morgan fingerprint density at radius 2 is 2.39 bits per heavy atom. The molecule has 2 heterocycles. The van der Waals surface area contributed by atoms with Crippen molar-refractivity contribution in [3.05, 3.63) is 18.0 Å². The van der Waals surface area contributed by atoms with Crippen LogP contribution in [0.2, 0.25) is 0 Å². The number of likely N-dealkylation sites (tertiary alicyclic amines) is 1. The van der Waals surface area contributed by atoms with Crippen LogP contribution in [0.3, 0.4) is 0 Å². The van der Waals surface area contributed by atoms with Gasteiger partial charge in [0.25, 0.3) is 0 Å². The van der Waals surface area contributed by atoms with Gasteiger partial charge >= 0.3 is 0 Å². The zero-order valence-corrected chi connectivity index (χ0v) is 10.7. The lowest BCUT2D eigenvalue weighted by Crippen LogP contribution is -2.30. The molecule has 0 aliphatic carbocycles. The van der Waals surface area contributed by atoms with Gasteiger partial charge < -0.3 is 14.9 Å². The van der Waals surface area contributed by atoms with E-state index in [1.807, 2.05) is 25.1 Å². The van der Waals surface area contributed by atoms with E-state index in [4.69, 9.17) is 5.11 Å². The van der Waals surface area contributed by atoms with Gasteiger partial charge in [-0.1, -0.05) is 0 Å². The van der Waals surface area contributed by atoms with Gasteiger partial charge in [-0.05, 0) is 12.5 Å². The number of aliphatic hydroxyl groups excluding tert-OH is 1. The van der Waals surface area contributed by atoms with Crippen molar-refractivity contribution in [1.82, 2.24) is 14.9 Å². The Morgan fingerprint density at radius 3 is 3.06 bits per heavy atom. The SMILES string of the molecule is CN(C)c1nccc(C2CCN(C(=O)CO)C2)n1. The molecule has 1 aromatic rings. The van der Waals surface area contributed by atoms with E-state index >= 15 is 0 Å². The first-order chi connectivity index (χ1) is 8.61. The zero-order chi connectivity index (χ0) is 13.1. The molecule has 1 aliphatic heterocycles. The minimum Gasteiger partial charge on any atom is -0.387 e. The Hall–Kier alpha value is -1.69. The van der Waals surface area contributed by atoms with Gasteiger partial charge in [-0.3, -0.25) is 4.79 Å². The summed E-state index contributed by atoms with van der Waals surface area (Å²) in [7, 11) is 3.80. The number of hydrogen-bond donors (Lipinski definition) is 1. The van der Waals surface area contributed by atoms with Crippen LogP contribution in [0.4, 0.5) is 5.95 Å². The van der Waals surface area contributed by atoms with E-state index in [0.717, 1.165) is 12.1 Å². The molecule has 0 spiro atoms. The minimum absolute atomic E-state index is 0.209. The molecule has 18 heavy (non-hydrogen) atoms. The Bertz CT molecular complexity index is 436. The number of hydrogen-bond acceptors (Lipinski definition) is 5. The smallest absolute Gasteiger partial charge is 0.248 e. The van der Waals surface area contributed by atoms with E-state index < -0.39 is 6.61 Å². The van der Waals surface area contributed by atoms with Crippen molar-refractivity contribution in [2.24, 2.45) is 0 Å². The van der Waals surface area contributed by atoms with Crippen LogP contribution in [0.5, 0.6) is 0 Å².